The first kappa shape index (κ1) is 16.2. The Morgan fingerprint density at radius 3 is 2.79 bits per heavy atom. The lowest BCUT2D eigenvalue weighted by Gasteiger charge is -2.19. The zero-order valence-corrected chi connectivity index (χ0v) is 14.1. The van der Waals surface area contributed by atoms with Crippen LogP contribution in [0.4, 0.5) is 5.69 Å². The Morgan fingerprint density at radius 1 is 1.38 bits per heavy atom. The molecule has 0 aliphatic carbocycles. The summed E-state index contributed by atoms with van der Waals surface area (Å²) < 4.78 is 5.05. The number of aryl methyl sites for hydroxylation is 2. The lowest BCUT2D eigenvalue weighted by atomic mass is 10.1. The molecule has 0 bridgehead atoms. The van der Waals surface area contributed by atoms with Gasteiger partial charge in [-0.3, -0.25) is 9.59 Å². The first-order chi connectivity index (χ1) is 11.5. The summed E-state index contributed by atoms with van der Waals surface area (Å²) in [6, 6.07) is 7.55. The summed E-state index contributed by atoms with van der Waals surface area (Å²) in [7, 11) is 0. The van der Waals surface area contributed by atoms with Crippen molar-refractivity contribution in [2.75, 3.05) is 11.4 Å². The molecule has 0 saturated carbocycles. The third kappa shape index (κ3) is 3.04. The molecule has 2 aromatic rings. The summed E-state index contributed by atoms with van der Waals surface area (Å²) in [5, 5.41) is 6.78. The van der Waals surface area contributed by atoms with Crippen LogP contribution in [-0.2, 0) is 4.79 Å². The molecule has 1 fully saturated rings. The number of carbonyl (C=O) groups excluding carboxylic acids is 2. The van der Waals surface area contributed by atoms with E-state index in [1.807, 2.05) is 31.2 Å². The molecule has 1 aliphatic rings. The fraction of sp³-hybridized carbons (Fsp3) is 0.389. The number of nitrogens with one attached hydrogen (secondary N) is 1. The van der Waals surface area contributed by atoms with Crippen LogP contribution in [0.5, 0.6) is 0 Å². The summed E-state index contributed by atoms with van der Waals surface area (Å²) in [5.74, 6) is 0.453. The Morgan fingerprint density at radius 2 is 2.17 bits per heavy atom. The van der Waals surface area contributed by atoms with Crippen molar-refractivity contribution in [3.8, 4) is 0 Å². The highest BCUT2D eigenvalue weighted by Gasteiger charge is 2.23. The summed E-state index contributed by atoms with van der Waals surface area (Å²) in [5.41, 5.74) is 2.89. The number of rotatable bonds is 4. The second kappa shape index (κ2) is 6.47. The van der Waals surface area contributed by atoms with Crippen LogP contribution in [-0.4, -0.2) is 23.5 Å². The number of hydrogen-bond donors (Lipinski definition) is 1. The van der Waals surface area contributed by atoms with Gasteiger partial charge in [-0.25, -0.2) is 0 Å². The highest BCUT2D eigenvalue weighted by molar-refractivity contribution is 5.96. The second-order valence-corrected chi connectivity index (χ2v) is 6.14. The second-order valence-electron chi connectivity index (χ2n) is 6.14. The minimum absolute atomic E-state index is 0.152. The van der Waals surface area contributed by atoms with E-state index in [0.29, 0.717) is 23.4 Å². The Hall–Kier alpha value is -2.63. The van der Waals surface area contributed by atoms with E-state index in [9.17, 15) is 9.59 Å². The van der Waals surface area contributed by atoms with E-state index in [4.69, 9.17) is 4.52 Å². The number of benzene rings is 1. The van der Waals surface area contributed by atoms with E-state index in [2.05, 4.69) is 10.5 Å². The van der Waals surface area contributed by atoms with Crippen LogP contribution in [0.25, 0.3) is 0 Å². The maximum absolute atomic E-state index is 12.4. The van der Waals surface area contributed by atoms with E-state index >= 15 is 0 Å². The Labute approximate surface area is 140 Å². The van der Waals surface area contributed by atoms with Crippen LogP contribution in [0.1, 0.15) is 53.2 Å². The highest BCUT2D eigenvalue weighted by Crippen LogP contribution is 2.25. The van der Waals surface area contributed by atoms with Gasteiger partial charge in [0, 0.05) is 18.7 Å². The monoisotopic (exact) mass is 327 g/mol. The van der Waals surface area contributed by atoms with Gasteiger partial charge >= 0.3 is 0 Å². The Balaban J connectivity index is 1.77. The van der Waals surface area contributed by atoms with Crippen LogP contribution in [0.15, 0.2) is 28.8 Å². The van der Waals surface area contributed by atoms with Crippen molar-refractivity contribution in [3.63, 3.8) is 0 Å². The predicted molar refractivity (Wildman–Crippen MR) is 89.9 cm³/mol. The molecule has 1 saturated heterocycles. The van der Waals surface area contributed by atoms with Crippen LogP contribution < -0.4 is 10.2 Å². The topological polar surface area (TPSA) is 75.4 Å². The molecule has 1 N–H and O–H groups in total. The van der Waals surface area contributed by atoms with E-state index in [-0.39, 0.29) is 17.9 Å². The van der Waals surface area contributed by atoms with Gasteiger partial charge < -0.3 is 14.7 Å². The van der Waals surface area contributed by atoms with Gasteiger partial charge in [0.1, 0.15) is 11.3 Å². The SMILES string of the molecule is Cc1noc(C)c1C(=O)N[C@@H](C)c1cccc(N2CCCC2=O)c1. The van der Waals surface area contributed by atoms with Gasteiger partial charge in [-0.05, 0) is 44.9 Å². The molecule has 126 valence electrons. The summed E-state index contributed by atoms with van der Waals surface area (Å²) in [4.78, 5) is 26.1. The quantitative estimate of drug-likeness (QED) is 0.937. The number of carbonyl (C=O) groups is 2. The van der Waals surface area contributed by atoms with Gasteiger partial charge in [-0.2, -0.15) is 0 Å². The van der Waals surface area contributed by atoms with Crippen molar-refractivity contribution in [3.05, 3.63) is 46.8 Å². The minimum Gasteiger partial charge on any atom is -0.361 e. The molecule has 1 aromatic heterocycles. The molecule has 2 amide bonds. The standard InChI is InChI=1S/C18H21N3O3/c1-11(19-18(23)17-12(2)20-24-13(17)3)14-6-4-7-15(10-14)21-9-5-8-16(21)22/h4,6-7,10-11H,5,8-9H2,1-3H3,(H,19,23)/t11-/m0/s1. The van der Waals surface area contributed by atoms with Crippen LogP contribution in [0.3, 0.4) is 0 Å². The summed E-state index contributed by atoms with van der Waals surface area (Å²) in [6.07, 6.45) is 1.49. The zero-order valence-electron chi connectivity index (χ0n) is 14.1. The van der Waals surface area contributed by atoms with Crippen LogP contribution in [0, 0.1) is 13.8 Å². The van der Waals surface area contributed by atoms with Crippen molar-refractivity contribution >= 4 is 17.5 Å². The lowest BCUT2D eigenvalue weighted by molar-refractivity contribution is -0.117. The smallest absolute Gasteiger partial charge is 0.257 e. The molecule has 6 heteroatoms. The highest BCUT2D eigenvalue weighted by atomic mass is 16.5. The fourth-order valence-electron chi connectivity index (χ4n) is 3.04. The van der Waals surface area contributed by atoms with Crippen molar-refractivity contribution in [1.29, 1.82) is 0 Å². The molecule has 1 aliphatic heterocycles. The molecule has 0 radical (unpaired) electrons. The predicted octanol–water partition coefficient (Wildman–Crippen LogP) is 2.91. The average molecular weight is 327 g/mol. The molecule has 1 atom stereocenters. The van der Waals surface area contributed by atoms with Gasteiger partial charge in [0.25, 0.3) is 5.91 Å². The molecule has 24 heavy (non-hydrogen) atoms. The van der Waals surface area contributed by atoms with Crippen LogP contribution in [0.2, 0.25) is 0 Å². The largest absolute Gasteiger partial charge is 0.361 e. The number of aromatic nitrogens is 1. The normalized spacial score (nSPS) is 15.6. The van der Waals surface area contributed by atoms with E-state index in [1.165, 1.54) is 0 Å². The lowest BCUT2D eigenvalue weighted by Crippen LogP contribution is -2.28. The van der Waals surface area contributed by atoms with Gasteiger partial charge in [0.2, 0.25) is 5.91 Å². The average Bonchev–Trinajstić information content (AvgIpc) is 3.13. The molecule has 6 nitrogen and oxygen atoms in total. The summed E-state index contributed by atoms with van der Waals surface area (Å²) in [6.45, 7) is 6.14. The number of hydrogen-bond acceptors (Lipinski definition) is 4. The Kier molecular flexibility index (Phi) is 4.38. The van der Waals surface area contributed by atoms with Crippen molar-refractivity contribution in [1.82, 2.24) is 10.5 Å². The molecular weight excluding hydrogens is 306 g/mol. The molecule has 1 aromatic carbocycles. The minimum atomic E-state index is -0.207. The van der Waals surface area contributed by atoms with Gasteiger partial charge in [0.05, 0.1) is 11.7 Å². The van der Waals surface area contributed by atoms with E-state index in [0.717, 1.165) is 24.2 Å². The third-order valence-corrected chi connectivity index (χ3v) is 4.36. The van der Waals surface area contributed by atoms with Crippen LogP contribution >= 0.6 is 0 Å². The molecule has 2 heterocycles. The van der Waals surface area contributed by atoms with E-state index in [1.54, 1.807) is 18.7 Å². The van der Waals surface area contributed by atoms with Gasteiger partial charge in [0.15, 0.2) is 0 Å². The van der Waals surface area contributed by atoms with Crippen molar-refractivity contribution < 1.29 is 14.1 Å². The fourth-order valence-corrected chi connectivity index (χ4v) is 3.04. The third-order valence-electron chi connectivity index (χ3n) is 4.36. The summed E-state index contributed by atoms with van der Waals surface area (Å²) >= 11 is 0. The van der Waals surface area contributed by atoms with Gasteiger partial charge in [-0.1, -0.05) is 17.3 Å². The molecule has 0 unspecified atom stereocenters. The molecule has 0 spiro atoms. The number of anilines is 1. The van der Waals surface area contributed by atoms with E-state index < -0.39 is 0 Å². The van der Waals surface area contributed by atoms with Crippen molar-refractivity contribution in [2.24, 2.45) is 0 Å². The number of amides is 2. The molecule has 3 rings (SSSR count). The maximum atomic E-state index is 12.4. The maximum Gasteiger partial charge on any atom is 0.257 e. The Bertz CT molecular complexity index is 762. The molecular formula is C18H21N3O3. The van der Waals surface area contributed by atoms with Gasteiger partial charge in [-0.15, -0.1) is 0 Å². The van der Waals surface area contributed by atoms with Crippen molar-refractivity contribution in [2.45, 2.75) is 39.7 Å². The first-order valence-corrected chi connectivity index (χ1v) is 8.11. The first-order valence-electron chi connectivity index (χ1n) is 8.11. The zero-order chi connectivity index (χ0) is 17.3. The number of nitrogens with zero attached hydrogens (tertiary/aromatic N) is 2.